The van der Waals surface area contributed by atoms with Crippen LogP contribution < -0.4 is 4.72 Å². The minimum Gasteiger partial charge on any atom is -0.465 e. The van der Waals surface area contributed by atoms with E-state index in [4.69, 9.17) is 0 Å². The molecular weight excluding hydrogens is 302 g/mol. The quantitative estimate of drug-likeness (QED) is 0.860. The standard InChI is InChI=1S/C16H17NO4S/c1-12-3-9-15(10-4-12)17-22(19,20)11-13-5-7-14(8-6-13)16(18)21-2/h3-10,17H,11H2,1-2H3. The first-order chi connectivity index (χ1) is 10.4. The van der Waals surface area contributed by atoms with Gasteiger partial charge in [-0.2, -0.15) is 0 Å². The molecule has 0 aromatic heterocycles. The third-order valence-electron chi connectivity index (χ3n) is 3.06. The number of benzene rings is 2. The molecule has 0 aliphatic heterocycles. The Kier molecular flexibility index (Phi) is 4.82. The lowest BCUT2D eigenvalue weighted by molar-refractivity contribution is 0.0600. The maximum absolute atomic E-state index is 12.1. The highest BCUT2D eigenvalue weighted by atomic mass is 32.2. The lowest BCUT2D eigenvalue weighted by Gasteiger charge is -2.09. The number of esters is 1. The van der Waals surface area contributed by atoms with Gasteiger partial charge in [-0.1, -0.05) is 29.8 Å². The van der Waals surface area contributed by atoms with Crippen molar-refractivity contribution in [1.82, 2.24) is 0 Å². The average molecular weight is 319 g/mol. The predicted molar refractivity (Wildman–Crippen MR) is 85.2 cm³/mol. The number of anilines is 1. The molecule has 0 heterocycles. The SMILES string of the molecule is COC(=O)c1ccc(CS(=O)(=O)Nc2ccc(C)cc2)cc1. The van der Waals surface area contributed by atoms with Crippen LogP contribution in [0.15, 0.2) is 48.5 Å². The fourth-order valence-electron chi connectivity index (χ4n) is 1.91. The fourth-order valence-corrected chi connectivity index (χ4v) is 3.11. The number of carbonyl (C=O) groups is 1. The van der Waals surface area contributed by atoms with E-state index >= 15 is 0 Å². The summed E-state index contributed by atoms with van der Waals surface area (Å²) < 4.78 is 31.4. The molecule has 5 nitrogen and oxygen atoms in total. The first-order valence-electron chi connectivity index (χ1n) is 6.64. The maximum atomic E-state index is 12.1. The van der Waals surface area contributed by atoms with Crippen molar-refractivity contribution in [1.29, 1.82) is 0 Å². The summed E-state index contributed by atoms with van der Waals surface area (Å²) in [7, 11) is -2.21. The molecule has 0 bridgehead atoms. The van der Waals surface area contributed by atoms with Crippen LogP contribution in [0.1, 0.15) is 21.5 Å². The summed E-state index contributed by atoms with van der Waals surface area (Å²) in [6.45, 7) is 1.93. The van der Waals surface area contributed by atoms with E-state index in [9.17, 15) is 13.2 Å². The molecule has 22 heavy (non-hydrogen) atoms. The topological polar surface area (TPSA) is 72.5 Å². The van der Waals surface area contributed by atoms with Crippen LogP contribution in [0.2, 0.25) is 0 Å². The Hall–Kier alpha value is -2.34. The Bertz CT molecular complexity index is 750. The second-order valence-electron chi connectivity index (χ2n) is 4.92. The molecule has 1 N–H and O–H groups in total. The molecule has 0 aliphatic rings. The van der Waals surface area contributed by atoms with E-state index in [2.05, 4.69) is 9.46 Å². The van der Waals surface area contributed by atoms with Gasteiger partial charge in [0.1, 0.15) is 0 Å². The predicted octanol–water partition coefficient (Wildman–Crippen LogP) is 2.72. The van der Waals surface area contributed by atoms with E-state index < -0.39 is 16.0 Å². The van der Waals surface area contributed by atoms with Crippen molar-refractivity contribution < 1.29 is 17.9 Å². The molecule has 0 fully saturated rings. The van der Waals surface area contributed by atoms with Gasteiger partial charge in [-0.25, -0.2) is 13.2 Å². The first-order valence-corrected chi connectivity index (χ1v) is 8.29. The van der Waals surface area contributed by atoms with Crippen molar-refractivity contribution in [2.24, 2.45) is 0 Å². The maximum Gasteiger partial charge on any atom is 0.337 e. The van der Waals surface area contributed by atoms with Gasteiger partial charge in [0.2, 0.25) is 10.0 Å². The van der Waals surface area contributed by atoms with E-state index in [1.807, 2.05) is 19.1 Å². The van der Waals surface area contributed by atoms with Crippen molar-refractivity contribution in [2.75, 3.05) is 11.8 Å². The summed E-state index contributed by atoms with van der Waals surface area (Å²) in [6, 6.07) is 13.4. The number of hydrogen-bond acceptors (Lipinski definition) is 4. The Morgan fingerprint density at radius 2 is 1.64 bits per heavy atom. The Balaban J connectivity index is 2.08. The lowest BCUT2D eigenvalue weighted by atomic mass is 10.1. The number of methoxy groups -OCH3 is 1. The zero-order chi connectivity index (χ0) is 16.2. The molecule has 0 aliphatic carbocycles. The van der Waals surface area contributed by atoms with Gasteiger partial charge in [0.25, 0.3) is 0 Å². The second kappa shape index (κ2) is 6.62. The lowest BCUT2D eigenvalue weighted by Crippen LogP contribution is -2.15. The largest absolute Gasteiger partial charge is 0.465 e. The van der Waals surface area contributed by atoms with Crippen molar-refractivity contribution in [2.45, 2.75) is 12.7 Å². The molecule has 2 rings (SSSR count). The molecule has 2 aromatic carbocycles. The summed E-state index contributed by atoms with van der Waals surface area (Å²) in [4.78, 5) is 11.3. The van der Waals surface area contributed by atoms with E-state index in [0.29, 0.717) is 16.8 Å². The van der Waals surface area contributed by atoms with Crippen molar-refractivity contribution in [3.8, 4) is 0 Å². The highest BCUT2D eigenvalue weighted by Crippen LogP contribution is 2.14. The van der Waals surface area contributed by atoms with Gasteiger partial charge in [0.05, 0.1) is 18.4 Å². The molecular formula is C16H17NO4S. The molecule has 0 atom stereocenters. The van der Waals surface area contributed by atoms with Crippen molar-refractivity contribution in [3.05, 3.63) is 65.2 Å². The van der Waals surface area contributed by atoms with Crippen LogP contribution in [0.25, 0.3) is 0 Å². The number of hydrogen-bond donors (Lipinski definition) is 1. The molecule has 2 aromatic rings. The van der Waals surface area contributed by atoms with Crippen LogP contribution in [-0.4, -0.2) is 21.5 Å². The molecule has 0 amide bonds. The monoisotopic (exact) mass is 319 g/mol. The molecule has 0 saturated heterocycles. The number of aryl methyl sites for hydroxylation is 1. The summed E-state index contributed by atoms with van der Waals surface area (Å²) >= 11 is 0. The van der Waals surface area contributed by atoms with E-state index in [1.54, 1.807) is 36.4 Å². The molecule has 0 radical (unpaired) electrons. The summed E-state index contributed by atoms with van der Waals surface area (Å²) in [5.41, 5.74) is 2.56. The van der Waals surface area contributed by atoms with Gasteiger partial charge in [-0.3, -0.25) is 4.72 Å². The van der Waals surface area contributed by atoms with Crippen molar-refractivity contribution >= 4 is 21.7 Å². The average Bonchev–Trinajstić information content (AvgIpc) is 2.49. The van der Waals surface area contributed by atoms with Gasteiger partial charge in [-0.15, -0.1) is 0 Å². The fraction of sp³-hybridized carbons (Fsp3) is 0.188. The van der Waals surface area contributed by atoms with Crippen LogP contribution in [0.5, 0.6) is 0 Å². The number of nitrogens with one attached hydrogen (secondary N) is 1. The normalized spacial score (nSPS) is 11.0. The molecule has 0 unspecified atom stereocenters. The van der Waals surface area contributed by atoms with Crippen LogP contribution >= 0.6 is 0 Å². The minimum absolute atomic E-state index is 0.164. The Morgan fingerprint density at radius 1 is 1.05 bits per heavy atom. The first kappa shape index (κ1) is 16.0. The molecule has 6 heteroatoms. The Morgan fingerprint density at radius 3 is 2.18 bits per heavy atom. The van der Waals surface area contributed by atoms with E-state index in [0.717, 1.165) is 5.56 Å². The second-order valence-corrected chi connectivity index (χ2v) is 6.64. The zero-order valence-electron chi connectivity index (χ0n) is 12.4. The highest BCUT2D eigenvalue weighted by Gasteiger charge is 2.12. The minimum atomic E-state index is -3.51. The van der Waals surface area contributed by atoms with E-state index in [-0.39, 0.29) is 5.75 Å². The van der Waals surface area contributed by atoms with E-state index in [1.165, 1.54) is 7.11 Å². The number of rotatable bonds is 5. The summed E-state index contributed by atoms with van der Waals surface area (Å²) in [6.07, 6.45) is 0. The van der Waals surface area contributed by atoms with Crippen molar-refractivity contribution in [3.63, 3.8) is 0 Å². The van der Waals surface area contributed by atoms with Crippen LogP contribution in [0.3, 0.4) is 0 Å². The molecule has 0 saturated carbocycles. The number of carbonyl (C=O) groups excluding carboxylic acids is 1. The molecule has 116 valence electrons. The van der Waals surface area contributed by atoms with Gasteiger partial charge in [0.15, 0.2) is 0 Å². The zero-order valence-corrected chi connectivity index (χ0v) is 13.2. The van der Waals surface area contributed by atoms with Crippen LogP contribution in [-0.2, 0) is 20.5 Å². The molecule has 0 spiro atoms. The number of sulfonamides is 1. The van der Waals surface area contributed by atoms with Crippen LogP contribution in [0.4, 0.5) is 5.69 Å². The van der Waals surface area contributed by atoms with Gasteiger partial charge in [0, 0.05) is 5.69 Å². The smallest absolute Gasteiger partial charge is 0.337 e. The highest BCUT2D eigenvalue weighted by molar-refractivity contribution is 7.91. The third kappa shape index (κ3) is 4.33. The van der Waals surface area contributed by atoms with Crippen LogP contribution in [0, 0.1) is 6.92 Å². The van der Waals surface area contributed by atoms with Gasteiger partial charge >= 0.3 is 5.97 Å². The summed E-state index contributed by atoms with van der Waals surface area (Å²) in [5.74, 6) is -0.616. The summed E-state index contributed by atoms with van der Waals surface area (Å²) in [5, 5.41) is 0. The Labute approximate surface area is 130 Å². The third-order valence-corrected chi connectivity index (χ3v) is 4.32. The van der Waals surface area contributed by atoms with Gasteiger partial charge in [-0.05, 0) is 36.8 Å². The number of ether oxygens (including phenoxy) is 1. The van der Waals surface area contributed by atoms with Gasteiger partial charge < -0.3 is 4.74 Å².